The van der Waals surface area contributed by atoms with Gasteiger partial charge in [0.1, 0.15) is 5.76 Å². The minimum absolute atomic E-state index is 0.230. The number of hydrogen-bond donors (Lipinski definition) is 2. The van der Waals surface area contributed by atoms with Crippen molar-refractivity contribution in [1.82, 2.24) is 10.9 Å². The van der Waals surface area contributed by atoms with Crippen LogP contribution >= 0.6 is 0 Å². The molecule has 14 heavy (non-hydrogen) atoms. The van der Waals surface area contributed by atoms with E-state index in [0.29, 0.717) is 5.92 Å². The van der Waals surface area contributed by atoms with Crippen molar-refractivity contribution >= 4 is 0 Å². The van der Waals surface area contributed by atoms with E-state index in [9.17, 15) is 0 Å². The Balaban J connectivity index is 4.90. The van der Waals surface area contributed by atoms with Gasteiger partial charge < -0.3 is 4.74 Å². The molecule has 0 aliphatic heterocycles. The fourth-order valence-corrected chi connectivity index (χ4v) is 1.61. The minimum Gasteiger partial charge on any atom is -0.497 e. The molecule has 0 radical (unpaired) electrons. The first-order valence-corrected chi connectivity index (χ1v) is 4.91. The molecule has 0 aliphatic rings. The average molecular weight is 198 g/mol. The summed E-state index contributed by atoms with van der Waals surface area (Å²) in [4.78, 5) is 0. The molecule has 0 spiro atoms. The molecule has 1 atom stereocenters. The van der Waals surface area contributed by atoms with Gasteiger partial charge >= 0.3 is 0 Å². The van der Waals surface area contributed by atoms with Crippen LogP contribution in [0.3, 0.4) is 0 Å². The Morgan fingerprint density at radius 3 is 2.21 bits per heavy atom. The maximum absolute atomic E-state index is 5.28. The largest absolute Gasteiger partial charge is 0.497 e. The molecule has 0 heterocycles. The Kier molecular flexibility index (Phi) is 6.25. The summed E-state index contributed by atoms with van der Waals surface area (Å²) in [7, 11) is 3.53. The predicted octanol–water partition coefficient (Wildman–Crippen LogP) is 1.84. The second-order valence-corrected chi connectivity index (χ2v) is 3.50. The van der Waals surface area contributed by atoms with Crippen molar-refractivity contribution in [2.24, 2.45) is 5.92 Å². The highest BCUT2D eigenvalue weighted by atomic mass is 16.5. The number of hydrogen-bond acceptors (Lipinski definition) is 3. The van der Waals surface area contributed by atoms with Gasteiger partial charge in [-0.25, -0.2) is 0 Å². The lowest BCUT2D eigenvalue weighted by Gasteiger charge is -2.22. The van der Waals surface area contributed by atoms with Crippen LogP contribution in [0.2, 0.25) is 0 Å². The van der Waals surface area contributed by atoms with Crippen molar-refractivity contribution in [2.45, 2.75) is 26.8 Å². The molecule has 0 saturated heterocycles. The topological polar surface area (TPSA) is 33.3 Å². The van der Waals surface area contributed by atoms with Crippen molar-refractivity contribution in [3.63, 3.8) is 0 Å². The molecule has 82 valence electrons. The van der Waals surface area contributed by atoms with Crippen molar-refractivity contribution in [3.8, 4) is 0 Å². The van der Waals surface area contributed by atoms with Gasteiger partial charge in [0.2, 0.25) is 0 Å². The maximum Gasteiger partial charge on any atom is 0.119 e. The van der Waals surface area contributed by atoms with Crippen LogP contribution in [0.5, 0.6) is 0 Å². The summed E-state index contributed by atoms with van der Waals surface area (Å²) in [5.74, 6) is 1.29. The molecule has 0 amide bonds. The summed E-state index contributed by atoms with van der Waals surface area (Å²) in [5.41, 5.74) is 7.29. The molecule has 0 bridgehead atoms. The highest BCUT2D eigenvalue weighted by Crippen LogP contribution is 2.19. The van der Waals surface area contributed by atoms with Crippen molar-refractivity contribution < 1.29 is 4.74 Å². The van der Waals surface area contributed by atoms with Crippen LogP contribution in [0, 0.1) is 5.92 Å². The van der Waals surface area contributed by atoms with Gasteiger partial charge in [-0.1, -0.05) is 20.4 Å². The van der Waals surface area contributed by atoms with Crippen molar-refractivity contribution in [2.75, 3.05) is 14.2 Å². The van der Waals surface area contributed by atoms with Crippen LogP contribution in [0.1, 0.15) is 20.8 Å². The summed E-state index contributed by atoms with van der Waals surface area (Å²) in [6, 6.07) is 0.230. The van der Waals surface area contributed by atoms with Crippen LogP contribution in [0.15, 0.2) is 24.0 Å². The third kappa shape index (κ3) is 3.52. The van der Waals surface area contributed by atoms with E-state index >= 15 is 0 Å². The first-order chi connectivity index (χ1) is 6.58. The number of rotatable bonds is 6. The highest BCUT2D eigenvalue weighted by Gasteiger charge is 2.16. The van der Waals surface area contributed by atoms with Crippen LogP contribution in [-0.4, -0.2) is 20.2 Å². The summed E-state index contributed by atoms with van der Waals surface area (Å²) >= 11 is 0. The minimum atomic E-state index is 0.230. The number of nitrogens with one attached hydrogen (secondary N) is 2. The predicted molar refractivity (Wildman–Crippen MR) is 60.7 cm³/mol. The van der Waals surface area contributed by atoms with Crippen molar-refractivity contribution in [1.29, 1.82) is 0 Å². The summed E-state index contributed by atoms with van der Waals surface area (Å²) in [6.07, 6.45) is 1.75. The van der Waals surface area contributed by atoms with Gasteiger partial charge in [-0.05, 0) is 31.5 Å². The Morgan fingerprint density at radius 1 is 1.36 bits per heavy atom. The molecule has 3 nitrogen and oxygen atoms in total. The molecule has 3 heteroatoms. The lowest BCUT2D eigenvalue weighted by atomic mass is 9.95. The summed E-state index contributed by atoms with van der Waals surface area (Å²) in [5, 5.41) is 0. The Bertz CT molecular complexity index is 209. The van der Waals surface area contributed by atoms with Gasteiger partial charge in [0, 0.05) is 6.04 Å². The molecule has 0 aromatic rings. The smallest absolute Gasteiger partial charge is 0.119 e. The third-order valence-corrected chi connectivity index (χ3v) is 2.14. The lowest BCUT2D eigenvalue weighted by molar-refractivity contribution is 0.291. The van der Waals surface area contributed by atoms with Gasteiger partial charge in [0.15, 0.2) is 0 Å². The molecule has 0 aromatic carbocycles. The molecular weight excluding hydrogens is 176 g/mol. The Labute approximate surface area is 87.2 Å². The summed E-state index contributed by atoms with van der Waals surface area (Å²) in [6.45, 7) is 10.1. The van der Waals surface area contributed by atoms with E-state index in [2.05, 4.69) is 38.2 Å². The van der Waals surface area contributed by atoms with E-state index in [1.165, 1.54) is 5.57 Å². The molecule has 0 aromatic heterocycles. The van der Waals surface area contributed by atoms with Gasteiger partial charge in [-0.15, -0.1) is 0 Å². The number of ether oxygens (including phenoxy) is 1. The molecule has 0 aliphatic carbocycles. The molecule has 0 rings (SSSR count). The molecule has 0 fully saturated rings. The average Bonchev–Trinajstić information content (AvgIpc) is 2.13. The Morgan fingerprint density at radius 2 is 1.93 bits per heavy atom. The van der Waals surface area contributed by atoms with Crippen LogP contribution in [0.4, 0.5) is 0 Å². The van der Waals surface area contributed by atoms with Crippen LogP contribution < -0.4 is 10.9 Å². The van der Waals surface area contributed by atoms with E-state index < -0.39 is 0 Å². The van der Waals surface area contributed by atoms with E-state index in [4.69, 9.17) is 4.74 Å². The lowest BCUT2D eigenvalue weighted by Crippen LogP contribution is -2.39. The normalized spacial score (nSPS) is 15.0. The fraction of sp³-hybridized carbons (Fsp3) is 0.636. The quantitative estimate of drug-likeness (QED) is 0.388. The van der Waals surface area contributed by atoms with Gasteiger partial charge in [-0.2, -0.15) is 0 Å². The molecule has 2 N–H and O–H groups in total. The van der Waals surface area contributed by atoms with E-state index in [1.807, 2.05) is 7.05 Å². The van der Waals surface area contributed by atoms with Crippen LogP contribution in [0.25, 0.3) is 0 Å². The van der Waals surface area contributed by atoms with Gasteiger partial charge in [-0.3, -0.25) is 10.9 Å². The maximum atomic E-state index is 5.28. The first kappa shape index (κ1) is 13.2. The van der Waals surface area contributed by atoms with Gasteiger partial charge in [0.25, 0.3) is 0 Å². The van der Waals surface area contributed by atoms with Gasteiger partial charge in [0.05, 0.1) is 7.11 Å². The fourth-order valence-electron chi connectivity index (χ4n) is 1.61. The number of methoxy groups -OCH3 is 1. The third-order valence-electron chi connectivity index (χ3n) is 2.14. The SMILES string of the molecule is C=C/C(OC)=C(\C(C)C)C(C)NNC. The standard InChI is InChI=1S/C11H22N2O/c1-7-10(14-6)11(8(2)3)9(4)13-12-5/h7-9,12-13H,1H2,2-6H3/b11-10-. The Hall–Kier alpha value is -0.800. The highest BCUT2D eigenvalue weighted by molar-refractivity contribution is 5.24. The first-order valence-electron chi connectivity index (χ1n) is 4.91. The van der Waals surface area contributed by atoms with E-state index in [1.54, 1.807) is 13.2 Å². The second-order valence-electron chi connectivity index (χ2n) is 3.50. The molecular formula is C11H22N2O. The zero-order valence-corrected chi connectivity index (χ0v) is 9.85. The van der Waals surface area contributed by atoms with E-state index in [-0.39, 0.29) is 6.04 Å². The van der Waals surface area contributed by atoms with Crippen molar-refractivity contribution in [3.05, 3.63) is 24.0 Å². The van der Waals surface area contributed by atoms with E-state index in [0.717, 1.165) is 5.76 Å². The number of allylic oxidation sites excluding steroid dienone is 1. The second kappa shape index (κ2) is 6.62. The number of hydrazine groups is 1. The monoisotopic (exact) mass is 198 g/mol. The zero-order chi connectivity index (χ0) is 11.1. The summed E-state index contributed by atoms with van der Waals surface area (Å²) < 4.78 is 5.28. The molecule has 0 saturated carbocycles. The zero-order valence-electron chi connectivity index (χ0n) is 9.85. The molecule has 1 unspecified atom stereocenters. The van der Waals surface area contributed by atoms with Crippen LogP contribution in [-0.2, 0) is 4.74 Å².